The summed E-state index contributed by atoms with van der Waals surface area (Å²) in [4.78, 5) is 0. The second kappa shape index (κ2) is 5.54. The van der Waals surface area contributed by atoms with Crippen LogP contribution in [0, 0.1) is 0 Å². The monoisotopic (exact) mass is 265 g/mol. The molecule has 0 aliphatic rings. The highest BCUT2D eigenvalue weighted by Crippen LogP contribution is 2.29. The van der Waals surface area contributed by atoms with Gasteiger partial charge in [-0.15, -0.1) is 0 Å². The maximum Gasteiger partial charge on any atom is 0.0484 e. The lowest BCUT2D eigenvalue weighted by Gasteiger charge is -2.07. The van der Waals surface area contributed by atoms with Gasteiger partial charge in [0.15, 0.2) is 0 Å². The van der Waals surface area contributed by atoms with E-state index in [-0.39, 0.29) is 0 Å². The van der Waals surface area contributed by atoms with Crippen LogP contribution in [-0.2, 0) is 6.42 Å². The van der Waals surface area contributed by atoms with Crippen molar-refractivity contribution in [3.63, 3.8) is 0 Å². The first-order chi connectivity index (χ1) is 8.20. The molecule has 0 aromatic heterocycles. The molecule has 0 radical (unpaired) electrons. The molecule has 1 nitrogen and oxygen atoms in total. The standard InChI is InChI=1S/C14H13Cl2N/c15-12-4-2-11(3-5-12)13-9-10(7-8-17)1-6-14(13)16/h1-6,9H,7-8,17H2. The lowest BCUT2D eigenvalue weighted by Crippen LogP contribution is -2.02. The molecular formula is C14H13Cl2N. The van der Waals surface area contributed by atoms with Crippen LogP contribution in [-0.4, -0.2) is 6.54 Å². The van der Waals surface area contributed by atoms with Gasteiger partial charge >= 0.3 is 0 Å². The summed E-state index contributed by atoms with van der Waals surface area (Å²) in [7, 11) is 0. The minimum Gasteiger partial charge on any atom is -0.330 e. The molecule has 2 rings (SSSR count). The molecule has 0 amide bonds. The van der Waals surface area contributed by atoms with E-state index in [0.29, 0.717) is 6.54 Å². The SMILES string of the molecule is NCCc1ccc(Cl)c(-c2ccc(Cl)cc2)c1. The van der Waals surface area contributed by atoms with E-state index in [1.54, 1.807) is 0 Å². The molecule has 0 atom stereocenters. The van der Waals surface area contributed by atoms with Gasteiger partial charge in [-0.3, -0.25) is 0 Å². The molecule has 17 heavy (non-hydrogen) atoms. The summed E-state index contributed by atoms with van der Waals surface area (Å²) in [6.07, 6.45) is 0.859. The summed E-state index contributed by atoms with van der Waals surface area (Å²) in [6.45, 7) is 0.641. The Kier molecular flexibility index (Phi) is 4.06. The molecular weight excluding hydrogens is 253 g/mol. The van der Waals surface area contributed by atoms with E-state index in [9.17, 15) is 0 Å². The Morgan fingerprint density at radius 2 is 1.65 bits per heavy atom. The van der Waals surface area contributed by atoms with Crippen LogP contribution in [0.5, 0.6) is 0 Å². The first kappa shape index (κ1) is 12.4. The average Bonchev–Trinajstić information content (AvgIpc) is 2.33. The quantitative estimate of drug-likeness (QED) is 0.886. The van der Waals surface area contributed by atoms with Crippen LogP contribution < -0.4 is 5.73 Å². The van der Waals surface area contributed by atoms with Gasteiger partial charge < -0.3 is 5.73 Å². The second-order valence-corrected chi connectivity index (χ2v) is 4.70. The van der Waals surface area contributed by atoms with Crippen molar-refractivity contribution in [2.75, 3.05) is 6.54 Å². The van der Waals surface area contributed by atoms with Crippen LogP contribution in [0.25, 0.3) is 11.1 Å². The van der Waals surface area contributed by atoms with Crippen molar-refractivity contribution in [1.29, 1.82) is 0 Å². The third-order valence-electron chi connectivity index (χ3n) is 2.62. The van der Waals surface area contributed by atoms with Crippen molar-refractivity contribution in [1.82, 2.24) is 0 Å². The molecule has 3 heteroatoms. The van der Waals surface area contributed by atoms with Crippen LogP contribution in [0.4, 0.5) is 0 Å². The van der Waals surface area contributed by atoms with Gasteiger partial charge in [-0.05, 0) is 48.4 Å². The molecule has 0 bridgehead atoms. The number of hydrogen-bond donors (Lipinski definition) is 1. The fourth-order valence-corrected chi connectivity index (χ4v) is 2.10. The third-order valence-corrected chi connectivity index (χ3v) is 3.20. The van der Waals surface area contributed by atoms with Gasteiger partial charge in [-0.1, -0.05) is 41.4 Å². The number of hydrogen-bond acceptors (Lipinski definition) is 1. The summed E-state index contributed by atoms with van der Waals surface area (Å²) in [5.41, 5.74) is 8.84. The van der Waals surface area contributed by atoms with E-state index in [4.69, 9.17) is 28.9 Å². The predicted molar refractivity (Wildman–Crippen MR) is 74.7 cm³/mol. The van der Waals surface area contributed by atoms with E-state index in [1.807, 2.05) is 36.4 Å². The molecule has 0 heterocycles. The number of rotatable bonds is 3. The number of benzene rings is 2. The second-order valence-electron chi connectivity index (χ2n) is 3.86. The van der Waals surface area contributed by atoms with Crippen molar-refractivity contribution in [3.05, 3.63) is 58.1 Å². The maximum atomic E-state index is 6.21. The Morgan fingerprint density at radius 1 is 0.941 bits per heavy atom. The van der Waals surface area contributed by atoms with Gasteiger partial charge in [0.1, 0.15) is 0 Å². The predicted octanol–water partition coefficient (Wildman–Crippen LogP) is 4.16. The van der Waals surface area contributed by atoms with Crippen LogP contribution in [0.3, 0.4) is 0 Å². The topological polar surface area (TPSA) is 26.0 Å². The Morgan fingerprint density at radius 3 is 2.29 bits per heavy atom. The smallest absolute Gasteiger partial charge is 0.0484 e. The van der Waals surface area contributed by atoms with Crippen LogP contribution in [0.1, 0.15) is 5.56 Å². The molecule has 0 saturated carbocycles. The van der Waals surface area contributed by atoms with Crippen molar-refractivity contribution >= 4 is 23.2 Å². The van der Waals surface area contributed by atoms with Gasteiger partial charge in [0, 0.05) is 15.6 Å². The van der Waals surface area contributed by atoms with Crippen molar-refractivity contribution in [2.24, 2.45) is 5.73 Å². The fraction of sp³-hybridized carbons (Fsp3) is 0.143. The molecule has 0 aliphatic heterocycles. The Hall–Kier alpha value is -1.02. The van der Waals surface area contributed by atoms with Gasteiger partial charge in [0.2, 0.25) is 0 Å². The van der Waals surface area contributed by atoms with Gasteiger partial charge in [-0.25, -0.2) is 0 Å². The highest BCUT2D eigenvalue weighted by molar-refractivity contribution is 6.33. The Bertz CT molecular complexity index is 506. The Labute approximate surface area is 111 Å². The van der Waals surface area contributed by atoms with Gasteiger partial charge in [0.25, 0.3) is 0 Å². The summed E-state index contributed by atoms with van der Waals surface area (Å²) in [6, 6.07) is 13.7. The molecule has 2 N–H and O–H groups in total. The minimum absolute atomic E-state index is 0.641. The summed E-state index contributed by atoms with van der Waals surface area (Å²) >= 11 is 12.1. The number of nitrogens with two attached hydrogens (primary N) is 1. The van der Waals surface area contributed by atoms with E-state index in [1.165, 1.54) is 5.56 Å². The zero-order valence-corrected chi connectivity index (χ0v) is 10.8. The first-order valence-electron chi connectivity index (χ1n) is 5.45. The molecule has 0 saturated heterocycles. The van der Waals surface area contributed by atoms with Gasteiger partial charge in [0.05, 0.1) is 0 Å². The zero-order chi connectivity index (χ0) is 12.3. The normalized spacial score (nSPS) is 10.5. The molecule has 88 valence electrons. The van der Waals surface area contributed by atoms with Gasteiger partial charge in [-0.2, -0.15) is 0 Å². The fourth-order valence-electron chi connectivity index (χ4n) is 1.75. The van der Waals surface area contributed by atoms with Crippen molar-refractivity contribution in [2.45, 2.75) is 6.42 Å². The van der Waals surface area contributed by atoms with Crippen LogP contribution >= 0.6 is 23.2 Å². The summed E-state index contributed by atoms with van der Waals surface area (Å²) < 4.78 is 0. The third kappa shape index (κ3) is 3.01. The Balaban J connectivity index is 2.42. The highest BCUT2D eigenvalue weighted by atomic mass is 35.5. The highest BCUT2D eigenvalue weighted by Gasteiger charge is 2.04. The van der Waals surface area contributed by atoms with Crippen LogP contribution in [0.2, 0.25) is 10.0 Å². The van der Waals surface area contributed by atoms with E-state index in [0.717, 1.165) is 27.6 Å². The minimum atomic E-state index is 0.641. The molecule has 0 aliphatic carbocycles. The van der Waals surface area contributed by atoms with Crippen LogP contribution in [0.15, 0.2) is 42.5 Å². The summed E-state index contributed by atoms with van der Waals surface area (Å²) in [5.74, 6) is 0. The largest absolute Gasteiger partial charge is 0.330 e. The molecule has 0 fully saturated rings. The van der Waals surface area contributed by atoms with E-state index < -0.39 is 0 Å². The maximum absolute atomic E-state index is 6.21. The summed E-state index contributed by atoms with van der Waals surface area (Å²) in [5, 5.41) is 1.47. The molecule has 0 spiro atoms. The zero-order valence-electron chi connectivity index (χ0n) is 9.29. The van der Waals surface area contributed by atoms with E-state index in [2.05, 4.69) is 6.07 Å². The lowest BCUT2D eigenvalue weighted by molar-refractivity contribution is 0.969. The molecule has 2 aromatic carbocycles. The number of halogens is 2. The average molecular weight is 266 g/mol. The lowest BCUT2D eigenvalue weighted by atomic mass is 10.0. The van der Waals surface area contributed by atoms with Crippen molar-refractivity contribution < 1.29 is 0 Å². The first-order valence-corrected chi connectivity index (χ1v) is 6.21. The molecule has 0 unspecified atom stereocenters. The van der Waals surface area contributed by atoms with Crippen molar-refractivity contribution in [3.8, 4) is 11.1 Å². The molecule has 2 aromatic rings. The van der Waals surface area contributed by atoms with E-state index >= 15 is 0 Å².